The monoisotopic (exact) mass is 233 g/mol. The molecule has 0 fully saturated rings. The molecule has 0 bridgehead atoms. The quantitative estimate of drug-likeness (QED) is 0.862. The van der Waals surface area contributed by atoms with Gasteiger partial charge >= 0.3 is 0 Å². The average Bonchev–Trinajstić information content (AvgIpc) is 2.89. The molecule has 2 aromatic heterocycles. The van der Waals surface area contributed by atoms with Crippen LogP contribution in [-0.2, 0) is 0 Å². The molecule has 1 atom stereocenters. The van der Waals surface area contributed by atoms with E-state index in [-0.39, 0.29) is 0 Å². The summed E-state index contributed by atoms with van der Waals surface area (Å²) in [5, 5.41) is 10.0. The van der Waals surface area contributed by atoms with Gasteiger partial charge in [0.25, 0.3) is 0 Å². The number of hydrogen-bond acceptors (Lipinski definition) is 4. The van der Waals surface area contributed by atoms with E-state index in [2.05, 4.69) is 4.98 Å². The number of ether oxygens (including phenoxy) is 1. The molecule has 0 aliphatic rings. The highest BCUT2D eigenvalue weighted by molar-refractivity contribution is 5.28. The van der Waals surface area contributed by atoms with Crippen molar-refractivity contribution in [3.63, 3.8) is 0 Å². The van der Waals surface area contributed by atoms with Crippen molar-refractivity contribution in [2.45, 2.75) is 19.4 Å². The van der Waals surface area contributed by atoms with E-state index in [1.54, 1.807) is 30.6 Å². The number of aromatic nitrogens is 1. The highest BCUT2D eigenvalue weighted by atomic mass is 16.5. The summed E-state index contributed by atoms with van der Waals surface area (Å²) < 4.78 is 10.6. The van der Waals surface area contributed by atoms with Crippen molar-refractivity contribution in [2.24, 2.45) is 0 Å². The van der Waals surface area contributed by atoms with E-state index in [4.69, 9.17) is 9.15 Å². The number of hydrogen-bond donors (Lipinski definition) is 1. The molecular formula is C13H15NO3. The van der Waals surface area contributed by atoms with Crippen LogP contribution in [0.25, 0.3) is 0 Å². The number of nitrogens with zero attached hydrogens (tertiary/aromatic N) is 1. The Kier molecular flexibility index (Phi) is 3.77. The van der Waals surface area contributed by atoms with E-state index in [1.807, 2.05) is 6.92 Å². The fourth-order valence-corrected chi connectivity index (χ4v) is 1.50. The molecule has 1 unspecified atom stereocenters. The van der Waals surface area contributed by atoms with Gasteiger partial charge in [0, 0.05) is 11.8 Å². The van der Waals surface area contributed by atoms with Gasteiger partial charge in [-0.3, -0.25) is 4.98 Å². The normalized spacial score (nSPS) is 12.4. The Morgan fingerprint density at radius 1 is 1.47 bits per heavy atom. The summed E-state index contributed by atoms with van der Waals surface area (Å²) in [6.45, 7) is 2.68. The van der Waals surface area contributed by atoms with Crippen molar-refractivity contribution in [2.75, 3.05) is 6.61 Å². The third-order valence-electron chi connectivity index (χ3n) is 2.34. The van der Waals surface area contributed by atoms with Gasteiger partial charge in [-0.2, -0.15) is 0 Å². The molecule has 0 radical (unpaired) electrons. The van der Waals surface area contributed by atoms with Gasteiger partial charge in [-0.05, 0) is 24.6 Å². The minimum atomic E-state index is -0.803. The first-order valence-corrected chi connectivity index (χ1v) is 5.60. The van der Waals surface area contributed by atoms with Crippen molar-refractivity contribution >= 4 is 0 Å². The zero-order valence-electron chi connectivity index (χ0n) is 9.67. The molecule has 4 heteroatoms. The molecule has 0 aliphatic heterocycles. The number of furan rings is 1. The van der Waals surface area contributed by atoms with Crippen LogP contribution in [0.4, 0.5) is 0 Å². The van der Waals surface area contributed by atoms with Gasteiger partial charge in [0.2, 0.25) is 0 Å². The second-order valence-electron chi connectivity index (χ2n) is 3.72. The Morgan fingerprint density at radius 3 is 3.06 bits per heavy atom. The molecule has 0 amide bonds. The minimum absolute atomic E-state index is 0.499. The van der Waals surface area contributed by atoms with Crippen molar-refractivity contribution in [1.29, 1.82) is 0 Å². The fraction of sp³-hybridized carbons (Fsp3) is 0.308. The van der Waals surface area contributed by atoms with Crippen LogP contribution < -0.4 is 4.74 Å². The molecule has 2 heterocycles. The summed E-state index contributed by atoms with van der Waals surface area (Å²) in [5.74, 6) is 1.16. The van der Waals surface area contributed by atoms with Gasteiger partial charge < -0.3 is 14.3 Å². The molecule has 2 rings (SSSR count). The largest absolute Gasteiger partial charge is 0.492 e. The van der Waals surface area contributed by atoms with Gasteiger partial charge in [0.05, 0.1) is 19.1 Å². The zero-order chi connectivity index (χ0) is 12.1. The fourth-order valence-electron chi connectivity index (χ4n) is 1.50. The van der Waals surface area contributed by atoms with Crippen LogP contribution in [0.5, 0.6) is 5.75 Å². The molecule has 1 N–H and O–H groups in total. The maximum atomic E-state index is 10.0. The summed E-state index contributed by atoms with van der Waals surface area (Å²) in [4.78, 5) is 4.04. The predicted molar refractivity (Wildman–Crippen MR) is 62.8 cm³/mol. The van der Waals surface area contributed by atoms with Gasteiger partial charge in [-0.1, -0.05) is 6.92 Å². The third-order valence-corrected chi connectivity index (χ3v) is 2.34. The van der Waals surface area contributed by atoms with E-state index in [0.717, 1.165) is 6.42 Å². The van der Waals surface area contributed by atoms with Crippen LogP contribution in [0.1, 0.15) is 30.8 Å². The Balaban J connectivity index is 2.15. The van der Waals surface area contributed by atoms with Crippen molar-refractivity contribution in [1.82, 2.24) is 4.98 Å². The SMILES string of the molecule is CCCOc1cncc(C(O)c2ccco2)c1. The van der Waals surface area contributed by atoms with E-state index in [0.29, 0.717) is 23.7 Å². The Bertz CT molecular complexity index is 453. The van der Waals surface area contributed by atoms with Crippen LogP contribution in [0.15, 0.2) is 41.3 Å². The predicted octanol–water partition coefficient (Wildman–Crippen LogP) is 2.55. The van der Waals surface area contributed by atoms with Crippen molar-refractivity contribution < 1.29 is 14.3 Å². The Labute approximate surface area is 99.9 Å². The van der Waals surface area contributed by atoms with Gasteiger partial charge in [-0.25, -0.2) is 0 Å². The van der Waals surface area contributed by atoms with Crippen LogP contribution in [0.3, 0.4) is 0 Å². The Morgan fingerprint density at radius 2 is 2.35 bits per heavy atom. The van der Waals surface area contributed by atoms with Gasteiger partial charge in [0.15, 0.2) is 0 Å². The number of aliphatic hydroxyl groups is 1. The number of pyridine rings is 1. The van der Waals surface area contributed by atoms with Crippen LogP contribution >= 0.6 is 0 Å². The lowest BCUT2D eigenvalue weighted by Gasteiger charge is -2.10. The van der Waals surface area contributed by atoms with E-state index in [1.165, 1.54) is 6.26 Å². The smallest absolute Gasteiger partial charge is 0.138 e. The van der Waals surface area contributed by atoms with E-state index < -0.39 is 6.10 Å². The third kappa shape index (κ3) is 2.85. The highest BCUT2D eigenvalue weighted by Crippen LogP contribution is 2.24. The van der Waals surface area contributed by atoms with Crippen molar-refractivity contribution in [3.05, 3.63) is 48.2 Å². The second-order valence-corrected chi connectivity index (χ2v) is 3.72. The van der Waals surface area contributed by atoms with E-state index in [9.17, 15) is 5.11 Å². The first-order valence-electron chi connectivity index (χ1n) is 5.60. The standard InChI is InChI=1S/C13H15NO3/c1-2-5-16-11-7-10(8-14-9-11)13(15)12-4-3-6-17-12/h3-4,6-9,13,15H,2,5H2,1H3. The molecule has 0 saturated heterocycles. The molecule has 4 nitrogen and oxygen atoms in total. The first kappa shape index (κ1) is 11.7. The minimum Gasteiger partial charge on any atom is -0.492 e. The molecule has 0 saturated carbocycles. The summed E-state index contributed by atoms with van der Waals surface area (Å²) in [6, 6.07) is 5.24. The van der Waals surface area contributed by atoms with Gasteiger partial charge in [0.1, 0.15) is 17.6 Å². The molecule has 2 aromatic rings. The highest BCUT2D eigenvalue weighted by Gasteiger charge is 2.14. The van der Waals surface area contributed by atoms with Crippen molar-refractivity contribution in [3.8, 4) is 5.75 Å². The lowest BCUT2D eigenvalue weighted by Crippen LogP contribution is -2.01. The van der Waals surface area contributed by atoms with Gasteiger partial charge in [-0.15, -0.1) is 0 Å². The maximum Gasteiger partial charge on any atom is 0.138 e. The van der Waals surface area contributed by atoms with Crippen LogP contribution in [0, 0.1) is 0 Å². The maximum absolute atomic E-state index is 10.0. The Hall–Kier alpha value is -1.81. The molecule has 0 aliphatic carbocycles. The molecular weight excluding hydrogens is 218 g/mol. The lowest BCUT2D eigenvalue weighted by atomic mass is 10.1. The zero-order valence-corrected chi connectivity index (χ0v) is 9.67. The first-order chi connectivity index (χ1) is 8.31. The van der Waals surface area contributed by atoms with Crippen LogP contribution in [0.2, 0.25) is 0 Å². The second kappa shape index (κ2) is 5.50. The number of aliphatic hydroxyl groups excluding tert-OH is 1. The lowest BCUT2D eigenvalue weighted by molar-refractivity contribution is 0.188. The van der Waals surface area contributed by atoms with Crippen LogP contribution in [-0.4, -0.2) is 16.7 Å². The summed E-state index contributed by atoms with van der Waals surface area (Å²) in [5.41, 5.74) is 0.661. The summed E-state index contributed by atoms with van der Waals surface area (Å²) in [6.07, 6.45) is 4.90. The molecule has 0 aromatic carbocycles. The number of rotatable bonds is 5. The molecule has 90 valence electrons. The molecule has 0 spiro atoms. The average molecular weight is 233 g/mol. The summed E-state index contributed by atoms with van der Waals surface area (Å²) in [7, 11) is 0. The topological polar surface area (TPSA) is 55.5 Å². The summed E-state index contributed by atoms with van der Waals surface area (Å²) >= 11 is 0. The van der Waals surface area contributed by atoms with E-state index >= 15 is 0 Å². The molecule has 17 heavy (non-hydrogen) atoms.